The fraction of sp³-hybridized carbons (Fsp3) is 0.833. The molecule has 0 fully saturated rings. The van der Waals surface area contributed by atoms with Crippen molar-refractivity contribution in [3.63, 3.8) is 0 Å². The van der Waals surface area contributed by atoms with E-state index in [4.69, 9.17) is 0 Å². The smallest absolute Gasteiger partial charge is 0.120 e. The lowest BCUT2D eigenvalue weighted by Crippen LogP contribution is -2.26. The Balaban J connectivity index is 0. The zero-order valence-electron chi connectivity index (χ0n) is 10.3. The van der Waals surface area contributed by atoms with Gasteiger partial charge >= 0.3 is 0 Å². The van der Waals surface area contributed by atoms with Crippen molar-refractivity contribution in [2.24, 2.45) is 0 Å². The van der Waals surface area contributed by atoms with Gasteiger partial charge in [0.15, 0.2) is 0 Å². The molecule has 0 heterocycles. The monoisotopic (exact) mass is 233 g/mol. The molecule has 15 heavy (non-hydrogen) atoms. The molecule has 0 aromatic rings. The second kappa shape index (κ2) is 9.03. The Labute approximate surface area is 100 Å². The van der Waals surface area contributed by atoms with Gasteiger partial charge in [0.25, 0.3) is 0 Å². The van der Waals surface area contributed by atoms with Crippen LogP contribution in [0.3, 0.4) is 0 Å². The third-order valence-electron chi connectivity index (χ3n) is 1.78. The van der Waals surface area contributed by atoms with E-state index >= 15 is 0 Å². The molecule has 0 radical (unpaired) electrons. The van der Waals surface area contributed by atoms with E-state index in [9.17, 15) is 5.11 Å². The van der Waals surface area contributed by atoms with Crippen LogP contribution in [0.4, 0.5) is 0 Å². The number of hydrogen-bond acceptors (Lipinski definition) is 2. The Hall–Kier alpha value is -0.230. The molecule has 0 unspecified atom stereocenters. The van der Waals surface area contributed by atoms with Gasteiger partial charge in [-0.05, 0) is 39.8 Å². The predicted molar refractivity (Wildman–Crippen MR) is 68.3 cm³/mol. The Morgan fingerprint density at radius 3 is 1.93 bits per heavy atom. The molecule has 0 atom stereocenters. The van der Waals surface area contributed by atoms with Crippen LogP contribution in [0.2, 0.25) is 0 Å². The number of halogens is 1. The van der Waals surface area contributed by atoms with Crippen LogP contribution in [0.15, 0.2) is 0 Å². The summed E-state index contributed by atoms with van der Waals surface area (Å²) in [5, 5.41) is 9.40. The van der Waals surface area contributed by atoms with Crippen LogP contribution in [-0.2, 0) is 0 Å². The van der Waals surface area contributed by atoms with Crippen LogP contribution < -0.4 is 0 Å². The molecule has 90 valence electrons. The van der Waals surface area contributed by atoms with Crippen LogP contribution in [0, 0.1) is 11.8 Å². The molecule has 2 nitrogen and oxygen atoms in total. The van der Waals surface area contributed by atoms with E-state index in [1.54, 1.807) is 13.8 Å². The third kappa shape index (κ3) is 11.7. The highest BCUT2D eigenvalue weighted by Crippen LogP contribution is 1.97. The normalized spacial score (nSPS) is 10.5. The Morgan fingerprint density at radius 1 is 1.13 bits per heavy atom. The molecule has 0 saturated carbocycles. The van der Waals surface area contributed by atoms with Crippen molar-refractivity contribution in [1.82, 2.24) is 4.90 Å². The SMILES string of the molecule is CCCN(CC#CC(C)(C)O)CCC.Cl. The fourth-order valence-corrected chi connectivity index (χ4v) is 1.27. The lowest BCUT2D eigenvalue weighted by Gasteiger charge is -2.17. The van der Waals surface area contributed by atoms with Crippen LogP contribution in [-0.4, -0.2) is 35.2 Å². The van der Waals surface area contributed by atoms with E-state index in [2.05, 4.69) is 30.6 Å². The third-order valence-corrected chi connectivity index (χ3v) is 1.78. The summed E-state index contributed by atoms with van der Waals surface area (Å²) in [5.74, 6) is 5.85. The molecule has 0 amide bonds. The molecule has 1 N–H and O–H groups in total. The summed E-state index contributed by atoms with van der Waals surface area (Å²) < 4.78 is 0. The van der Waals surface area contributed by atoms with Crippen molar-refractivity contribution in [2.45, 2.75) is 46.1 Å². The van der Waals surface area contributed by atoms with Gasteiger partial charge in [-0.3, -0.25) is 4.90 Å². The zero-order valence-corrected chi connectivity index (χ0v) is 11.2. The number of hydrogen-bond donors (Lipinski definition) is 1. The number of nitrogens with zero attached hydrogens (tertiary/aromatic N) is 1. The largest absolute Gasteiger partial charge is 0.378 e. The molecule has 0 aromatic carbocycles. The lowest BCUT2D eigenvalue weighted by atomic mass is 10.1. The first-order chi connectivity index (χ1) is 6.49. The molecule has 0 saturated heterocycles. The van der Waals surface area contributed by atoms with Crippen molar-refractivity contribution in [3.05, 3.63) is 0 Å². The van der Waals surface area contributed by atoms with Crippen molar-refractivity contribution in [2.75, 3.05) is 19.6 Å². The molecule has 0 rings (SSSR count). The van der Waals surface area contributed by atoms with Crippen LogP contribution in [0.5, 0.6) is 0 Å². The van der Waals surface area contributed by atoms with Crippen LogP contribution >= 0.6 is 12.4 Å². The maximum absolute atomic E-state index is 9.40. The summed E-state index contributed by atoms with van der Waals surface area (Å²) in [5.41, 5.74) is -0.857. The van der Waals surface area contributed by atoms with Crippen molar-refractivity contribution >= 4 is 12.4 Å². The molecule has 0 aromatic heterocycles. The van der Waals surface area contributed by atoms with Crippen LogP contribution in [0.25, 0.3) is 0 Å². The van der Waals surface area contributed by atoms with Crippen molar-refractivity contribution in [1.29, 1.82) is 0 Å². The van der Waals surface area contributed by atoms with E-state index in [0.717, 1.165) is 32.5 Å². The van der Waals surface area contributed by atoms with Gasteiger partial charge in [-0.1, -0.05) is 25.7 Å². The maximum atomic E-state index is 9.40. The summed E-state index contributed by atoms with van der Waals surface area (Å²) in [6.07, 6.45) is 2.31. The lowest BCUT2D eigenvalue weighted by molar-refractivity contribution is 0.143. The van der Waals surface area contributed by atoms with Gasteiger partial charge in [-0.25, -0.2) is 0 Å². The Bertz CT molecular complexity index is 194. The van der Waals surface area contributed by atoms with E-state index < -0.39 is 5.60 Å². The Kier molecular flexibility index (Phi) is 10.3. The van der Waals surface area contributed by atoms with Crippen molar-refractivity contribution in [3.8, 4) is 11.8 Å². The maximum Gasteiger partial charge on any atom is 0.120 e. The molecule has 0 aliphatic heterocycles. The second-order valence-corrected chi connectivity index (χ2v) is 4.14. The highest BCUT2D eigenvalue weighted by atomic mass is 35.5. The van der Waals surface area contributed by atoms with Gasteiger partial charge in [0.05, 0.1) is 6.54 Å². The van der Waals surface area contributed by atoms with Gasteiger partial charge in [0.1, 0.15) is 5.60 Å². The van der Waals surface area contributed by atoms with E-state index in [-0.39, 0.29) is 12.4 Å². The highest BCUT2D eigenvalue weighted by Gasteiger charge is 2.06. The minimum absolute atomic E-state index is 0. The van der Waals surface area contributed by atoms with E-state index in [1.165, 1.54) is 0 Å². The Morgan fingerprint density at radius 2 is 1.60 bits per heavy atom. The summed E-state index contributed by atoms with van der Waals surface area (Å²) in [7, 11) is 0. The minimum atomic E-state index is -0.857. The second-order valence-electron chi connectivity index (χ2n) is 4.14. The van der Waals surface area contributed by atoms with Crippen LogP contribution in [0.1, 0.15) is 40.5 Å². The first kappa shape index (κ1) is 17.2. The van der Waals surface area contributed by atoms with Gasteiger partial charge in [0, 0.05) is 0 Å². The molecular formula is C12H24ClNO. The summed E-state index contributed by atoms with van der Waals surface area (Å²) >= 11 is 0. The summed E-state index contributed by atoms with van der Waals surface area (Å²) in [6.45, 7) is 10.7. The number of aliphatic hydroxyl groups is 1. The summed E-state index contributed by atoms with van der Waals surface area (Å²) in [6, 6.07) is 0. The molecule has 0 aliphatic rings. The van der Waals surface area contributed by atoms with Gasteiger partial charge in [0.2, 0.25) is 0 Å². The summed E-state index contributed by atoms with van der Waals surface area (Å²) in [4.78, 5) is 2.32. The molecule has 0 aliphatic carbocycles. The fourth-order valence-electron chi connectivity index (χ4n) is 1.27. The number of rotatable bonds is 5. The average molecular weight is 234 g/mol. The molecule has 0 bridgehead atoms. The standard InChI is InChI=1S/C12H23NO.ClH/c1-5-9-13(10-6-2)11-7-8-12(3,4)14;/h14H,5-6,9-11H2,1-4H3;1H. The molecule has 3 heteroatoms. The van der Waals surface area contributed by atoms with E-state index in [1.807, 2.05) is 0 Å². The highest BCUT2D eigenvalue weighted by molar-refractivity contribution is 5.85. The first-order valence-electron chi connectivity index (χ1n) is 5.44. The van der Waals surface area contributed by atoms with Crippen molar-refractivity contribution < 1.29 is 5.11 Å². The topological polar surface area (TPSA) is 23.5 Å². The first-order valence-corrected chi connectivity index (χ1v) is 5.44. The quantitative estimate of drug-likeness (QED) is 0.737. The predicted octanol–water partition coefficient (Wildman–Crippen LogP) is 2.30. The van der Waals surface area contributed by atoms with E-state index in [0.29, 0.717) is 0 Å². The molecule has 0 spiro atoms. The minimum Gasteiger partial charge on any atom is -0.378 e. The van der Waals surface area contributed by atoms with Gasteiger partial charge in [-0.15, -0.1) is 12.4 Å². The molecular weight excluding hydrogens is 210 g/mol. The zero-order chi connectivity index (χ0) is 11.0. The van der Waals surface area contributed by atoms with Gasteiger partial charge in [-0.2, -0.15) is 0 Å². The van der Waals surface area contributed by atoms with Gasteiger partial charge < -0.3 is 5.11 Å². The average Bonchev–Trinajstić information content (AvgIpc) is 2.02.